The molecule has 0 radical (unpaired) electrons. The summed E-state index contributed by atoms with van der Waals surface area (Å²) in [4.78, 5) is 6.42. The van der Waals surface area contributed by atoms with Crippen LogP contribution in [0.5, 0.6) is 0 Å². The predicted molar refractivity (Wildman–Crippen MR) is 102 cm³/mol. The number of nitrogens with one attached hydrogen (secondary N) is 2. The first-order valence-corrected chi connectivity index (χ1v) is 11.3. The van der Waals surface area contributed by atoms with E-state index in [1.165, 1.54) is 44.9 Å². The Hall–Kier alpha value is -0.820. The van der Waals surface area contributed by atoms with E-state index in [2.05, 4.69) is 27.4 Å². The van der Waals surface area contributed by atoms with E-state index in [-0.39, 0.29) is 11.5 Å². The number of nitrogens with zero attached hydrogens (tertiary/aromatic N) is 2. The second kappa shape index (κ2) is 12.5. The summed E-state index contributed by atoms with van der Waals surface area (Å²) in [6, 6.07) is 0. The number of guanidine groups is 1. The van der Waals surface area contributed by atoms with Gasteiger partial charge in [-0.25, -0.2) is 8.42 Å². The first-order valence-electron chi connectivity index (χ1n) is 9.44. The fraction of sp³-hybridized carbons (Fsp3) is 0.941. The summed E-state index contributed by atoms with van der Waals surface area (Å²) in [5.74, 6) is 1.42. The summed E-state index contributed by atoms with van der Waals surface area (Å²) in [5, 5.41) is 6.65. The molecule has 0 spiro atoms. The molecule has 1 fully saturated rings. The molecule has 24 heavy (non-hydrogen) atoms. The fourth-order valence-corrected chi connectivity index (χ4v) is 4.09. The van der Waals surface area contributed by atoms with Crippen molar-refractivity contribution in [1.29, 1.82) is 0 Å². The van der Waals surface area contributed by atoms with E-state index >= 15 is 0 Å². The van der Waals surface area contributed by atoms with Crippen LogP contribution in [0, 0.1) is 0 Å². The molecule has 0 amide bonds. The lowest BCUT2D eigenvalue weighted by molar-refractivity contribution is 0.299. The van der Waals surface area contributed by atoms with Gasteiger partial charge in [0.25, 0.3) is 0 Å². The SMILES string of the molecule is CCCCCCCCCNC(=NC)NCCN1CCS(=O)(=O)CC1. The Kier molecular flexibility index (Phi) is 11.1. The normalized spacial score (nSPS) is 18.5. The highest BCUT2D eigenvalue weighted by atomic mass is 32.2. The first-order chi connectivity index (χ1) is 11.6. The summed E-state index contributed by atoms with van der Waals surface area (Å²) >= 11 is 0. The second-order valence-electron chi connectivity index (χ2n) is 6.54. The minimum absolute atomic E-state index is 0.290. The van der Waals surface area contributed by atoms with Crippen molar-refractivity contribution in [2.24, 2.45) is 4.99 Å². The number of rotatable bonds is 11. The van der Waals surface area contributed by atoms with E-state index < -0.39 is 9.84 Å². The van der Waals surface area contributed by atoms with E-state index in [4.69, 9.17) is 0 Å². The zero-order chi connectivity index (χ0) is 17.7. The van der Waals surface area contributed by atoms with Crippen molar-refractivity contribution >= 4 is 15.8 Å². The maximum atomic E-state index is 11.4. The van der Waals surface area contributed by atoms with Crippen LogP contribution in [-0.4, -0.2) is 70.6 Å². The zero-order valence-corrected chi connectivity index (χ0v) is 16.3. The Balaban J connectivity index is 2.01. The standard InChI is InChI=1S/C17H36N4O2S/c1-3-4-5-6-7-8-9-10-19-17(18-2)20-11-12-21-13-15-24(22,23)16-14-21/h3-16H2,1-2H3,(H2,18,19,20). The summed E-state index contributed by atoms with van der Waals surface area (Å²) in [6.45, 7) is 6.14. The molecular formula is C17H36N4O2S. The quantitative estimate of drug-likeness (QED) is 0.333. The molecule has 1 heterocycles. The largest absolute Gasteiger partial charge is 0.356 e. The topological polar surface area (TPSA) is 73.8 Å². The van der Waals surface area contributed by atoms with Gasteiger partial charge in [-0.2, -0.15) is 0 Å². The zero-order valence-electron chi connectivity index (χ0n) is 15.5. The highest BCUT2D eigenvalue weighted by molar-refractivity contribution is 7.91. The predicted octanol–water partition coefficient (Wildman–Crippen LogP) is 1.63. The monoisotopic (exact) mass is 360 g/mol. The van der Waals surface area contributed by atoms with Gasteiger partial charge in [0, 0.05) is 39.8 Å². The summed E-state index contributed by atoms with van der Waals surface area (Å²) in [6.07, 6.45) is 9.16. The Morgan fingerprint density at radius 2 is 1.54 bits per heavy atom. The number of hydrogen-bond acceptors (Lipinski definition) is 4. The molecule has 0 aliphatic carbocycles. The van der Waals surface area contributed by atoms with Crippen LogP contribution in [-0.2, 0) is 9.84 Å². The molecular weight excluding hydrogens is 324 g/mol. The van der Waals surface area contributed by atoms with Gasteiger partial charge < -0.3 is 10.6 Å². The molecule has 0 saturated carbocycles. The van der Waals surface area contributed by atoms with Gasteiger partial charge in [0.15, 0.2) is 15.8 Å². The van der Waals surface area contributed by atoms with Gasteiger partial charge in [-0.3, -0.25) is 9.89 Å². The minimum Gasteiger partial charge on any atom is -0.356 e. The third-order valence-corrected chi connectivity index (χ3v) is 6.06. The molecule has 2 N–H and O–H groups in total. The third-order valence-electron chi connectivity index (χ3n) is 4.45. The molecule has 0 unspecified atom stereocenters. The van der Waals surface area contributed by atoms with Gasteiger partial charge in [-0.15, -0.1) is 0 Å². The Morgan fingerprint density at radius 1 is 0.958 bits per heavy atom. The van der Waals surface area contributed by atoms with Gasteiger partial charge in [-0.1, -0.05) is 45.4 Å². The minimum atomic E-state index is -2.79. The van der Waals surface area contributed by atoms with Crippen LogP contribution in [0.1, 0.15) is 51.9 Å². The van der Waals surface area contributed by atoms with E-state index in [0.29, 0.717) is 13.1 Å². The molecule has 0 aromatic rings. The van der Waals surface area contributed by atoms with E-state index in [1.807, 2.05) is 0 Å². The van der Waals surface area contributed by atoms with Crippen molar-refractivity contribution < 1.29 is 8.42 Å². The third kappa shape index (κ3) is 10.1. The van der Waals surface area contributed by atoms with Gasteiger partial charge in [0.2, 0.25) is 0 Å². The average Bonchev–Trinajstić information content (AvgIpc) is 2.57. The molecule has 0 atom stereocenters. The Morgan fingerprint density at radius 3 is 2.17 bits per heavy atom. The van der Waals surface area contributed by atoms with Gasteiger partial charge in [0.05, 0.1) is 11.5 Å². The van der Waals surface area contributed by atoms with Crippen LogP contribution in [0.2, 0.25) is 0 Å². The van der Waals surface area contributed by atoms with Crippen LogP contribution in [0.4, 0.5) is 0 Å². The second-order valence-corrected chi connectivity index (χ2v) is 8.84. The molecule has 1 rings (SSSR count). The van der Waals surface area contributed by atoms with Gasteiger partial charge in [0.1, 0.15) is 0 Å². The van der Waals surface area contributed by atoms with Crippen molar-refractivity contribution in [3.8, 4) is 0 Å². The molecule has 7 heteroatoms. The molecule has 1 saturated heterocycles. The van der Waals surface area contributed by atoms with Crippen LogP contribution < -0.4 is 10.6 Å². The van der Waals surface area contributed by atoms with E-state index in [0.717, 1.165) is 25.6 Å². The lowest BCUT2D eigenvalue weighted by Gasteiger charge is -2.26. The van der Waals surface area contributed by atoms with E-state index in [9.17, 15) is 8.42 Å². The van der Waals surface area contributed by atoms with Gasteiger partial charge in [-0.05, 0) is 6.42 Å². The number of hydrogen-bond donors (Lipinski definition) is 2. The first kappa shape index (κ1) is 21.2. The van der Waals surface area contributed by atoms with Crippen molar-refractivity contribution in [2.45, 2.75) is 51.9 Å². The smallest absolute Gasteiger partial charge is 0.191 e. The molecule has 0 aromatic heterocycles. The van der Waals surface area contributed by atoms with Crippen LogP contribution >= 0.6 is 0 Å². The molecule has 142 valence electrons. The van der Waals surface area contributed by atoms with Gasteiger partial charge >= 0.3 is 0 Å². The molecule has 1 aliphatic rings. The average molecular weight is 361 g/mol. The lowest BCUT2D eigenvalue weighted by atomic mass is 10.1. The van der Waals surface area contributed by atoms with Crippen LogP contribution in [0.25, 0.3) is 0 Å². The summed E-state index contributed by atoms with van der Waals surface area (Å²) < 4.78 is 22.8. The number of unbranched alkanes of at least 4 members (excludes halogenated alkanes) is 6. The van der Waals surface area contributed by atoms with Crippen molar-refractivity contribution in [3.05, 3.63) is 0 Å². The van der Waals surface area contributed by atoms with Crippen molar-refractivity contribution in [3.63, 3.8) is 0 Å². The molecule has 6 nitrogen and oxygen atoms in total. The number of sulfone groups is 1. The molecule has 1 aliphatic heterocycles. The number of aliphatic imine (C=N–C) groups is 1. The Labute approximate surface area is 148 Å². The summed E-state index contributed by atoms with van der Waals surface area (Å²) in [5.41, 5.74) is 0. The fourth-order valence-electron chi connectivity index (χ4n) is 2.82. The maximum Gasteiger partial charge on any atom is 0.191 e. The van der Waals surface area contributed by atoms with Crippen LogP contribution in [0.3, 0.4) is 0 Å². The lowest BCUT2D eigenvalue weighted by Crippen LogP contribution is -2.46. The van der Waals surface area contributed by atoms with Crippen molar-refractivity contribution in [1.82, 2.24) is 15.5 Å². The Bertz CT molecular complexity index is 438. The molecule has 0 aromatic carbocycles. The van der Waals surface area contributed by atoms with Crippen molar-refractivity contribution in [2.75, 3.05) is 51.3 Å². The highest BCUT2D eigenvalue weighted by Crippen LogP contribution is 2.06. The highest BCUT2D eigenvalue weighted by Gasteiger charge is 2.20. The maximum absolute atomic E-state index is 11.4. The molecule has 0 bridgehead atoms. The van der Waals surface area contributed by atoms with E-state index in [1.54, 1.807) is 7.05 Å². The van der Waals surface area contributed by atoms with Crippen LogP contribution in [0.15, 0.2) is 4.99 Å². The summed E-state index contributed by atoms with van der Waals surface area (Å²) in [7, 11) is -1.000.